The minimum absolute atomic E-state index is 0.136. The van der Waals surface area contributed by atoms with Crippen LogP contribution in [0.4, 0.5) is 0 Å². The molecule has 0 spiro atoms. The Morgan fingerprint density at radius 2 is 2.29 bits per heavy atom. The SMILES string of the molecule is CCn1cc(C(NN)c2ccc(Br)cn2)cn1. The van der Waals surface area contributed by atoms with Gasteiger partial charge < -0.3 is 0 Å². The van der Waals surface area contributed by atoms with E-state index in [9.17, 15) is 0 Å². The fourth-order valence-corrected chi connectivity index (χ4v) is 1.85. The Hall–Kier alpha value is -1.24. The molecular formula is C11H14BrN5. The van der Waals surface area contributed by atoms with E-state index in [0.717, 1.165) is 22.3 Å². The van der Waals surface area contributed by atoms with Crippen LogP contribution in [0.25, 0.3) is 0 Å². The molecule has 6 heteroatoms. The topological polar surface area (TPSA) is 68.8 Å². The number of rotatable bonds is 4. The van der Waals surface area contributed by atoms with Crippen molar-refractivity contribution in [2.75, 3.05) is 0 Å². The minimum atomic E-state index is -0.136. The molecule has 2 heterocycles. The third-order valence-electron chi connectivity index (χ3n) is 2.52. The largest absolute Gasteiger partial charge is 0.273 e. The molecule has 0 aliphatic rings. The van der Waals surface area contributed by atoms with E-state index in [2.05, 4.69) is 31.4 Å². The maximum absolute atomic E-state index is 5.59. The molecule has 1 unspecified atom stereocenters. The van der Waals surface area contributed by atoms with Gasteiger partial charge in [-0.25, -0.2) is 5.43 Å². The fraction of sp³-hybridized carbons (Fsp3) is 0.273. The number of halogens is 1. The van der Waals surface area contributed by atoms with Crippen molar-refractivity contribution in [2.45, 2.75) is 19.5 Å². The first kappa shape index (κ1) is 12.2. The van der Waals surface area contributed by atoms with Gasteiger partial charge in [-0.3, -0.25) is 15.5 Å². The average Bonchev–Trinajstić information content (AvgIpc) is 2.81. The highest BCUT2D eigenvalue weighted by Crippen LogP contribution is 2.20. The first-order valence-electron chi connectivity index (χ1n) is 5.34. The van der Waals surface area contributed by atoms with Crippen LogP contribution in [0.5, 0.6) is 0 Å². The molecule has 2 aromatic heterocycles. The number of aryl methyl sites for hydroxylation is 1. The molecule has 0 fully saturated rings. The normalized spacial score (nSPS) is 12.6. The summed E-state index contributed by atoms with van der Waals surface area (Å²) in [6, 6.07) is 3.73. The Bertz CT molecular complexity index is 479. The lowest BCUT2D eigenvalue weighted by Crippen LogP contribution is -2.29. The van der Waals surface area contributed by atoms with Gasteiger partial charge in [0.2, 0.25) is 0 Å². The van der Waals surface area contributed by atoms with E-state index in [1.54, 1.807) is 12.4 Å². The molecule has 0 amide bonds. The van der Waals surface area contributed by atoms with Gasteiger partial charge in [0.05, 0.1) is 17.9 Å². The molecule has 0 aliphatic heterocycles. The Kier molecular flexibility index (Phi) is 3.88. The second-order valence-corrected chi connectivity index (χ2v) is 4.55. The van der Waals surface area contributed by atoms with Crippen molar-refractivity contribution in [3.63, 3.8) is 0 Å². The summed E-state index contributed by atoms with van der Waals surface area (Å²) < 4.78 is 2.81. The summed E-state index contributed by atoms with van der Waals surface area (Å²) in [4.78, 5) is 4.33. The fourth-order valence-electron chi connectivity index (χ4n) is 1.61. The number of nitrogens with one attached hydrogen (secondary N) is 1. The second kappa shape index (κ2) is 5.39. The predicted molar refractivity (Wildman–Crippen MR) is 69.0 cm³/mol. The highest BCUT2D eigenvalue weighted by Gasteiger charge is 2.15. The van der Waals surface area contributed by atoms with Gasteiger partial charge in [-0.2, -0.15) is 5.10 Å². The molecule has 5 nitrogen and oxygen atoms in total. The monoisotopic (exact) mass is 295 g/mol. The van der Waals surface area contributed by atoms with Crippen LogP contribution in [0.3, 0.4) is 0 Å². The van der Waals surface area contributed by atoms with Gasteiger partial charge in [-0.05, 0) is 35.0 Å². The zero-order valence-corrected chi connectivity index (χ0v) is 11.1. The highest BCUT2D eigenvalue weighted by molar-refractivity contribution is 9.10. The van der Waals surface area contributed by atoms with E-state index in [1.165, 1.54) is 0 Å². The number of hydrogen-bond acceptors (Lipinski definition) is 4. The molecule has 17 heavy (non-hydrogen) atoms. The number of aromatic nitrogens is 3. The first-order valence-corrected chi connectivity index (χ1v) is 6.13. The molecule has 0 saturated carbocycles. The lowest BCUT2D eigenvalue weighted by atomic mass is 10.1. The molecule has 1 atom stereocenters. The summed E-state index contributed by atoms with van der Waals surface area (Å²) in [6.45, 7) is 2.88. The van der Waals surface area contributed by atoms with Crippen molar-refractivity contribution in [1.29, 1.82) is 0 Å². The van der Waals surface area contributed by atoms with E-state index < -0.39 is 0 Å². The molecule has 2 aromatic rings. The molecule has 0 aromatic carbocycles. The van der Waals surface area contributed by atoms with Crippen molar-refractivity contribution in [1.82, 2.24) is 20.2 Å². The number of nitrogens with zero attached hydrogens (tertiary/aromatic N) is 3. The number of hydrogen-bond donors (Lipinski definition) is 2. The molecule has 3 N–H and O–H groups in total. The minimum Gasteiger partial charge on any atom is -0.273 e. The van der Waals surface area contributed by atoms with Crippen LogP contribution in [0.15, 0.2) is 35.2 Å². The van der Waals surface area contributed by atoms with Crippen molar-refractivity contribution in [2.24, 2.45) is 5.84 Å². The summed E-state index contributed by atoms with van der Waals surface area (Å²) in [5.41, 5.74) is 4.63. The number of hydrazine groups is 1. The van der Waals surface area contributed by atoms with Crippen LogP contribution in [0, 0.1) is 0 Å². The first-order chi connectivity index (χ1) is 8.24. The van der Waals surface area contributed by atoms with Crippen molar-refractivity contribution in [3.05, 3.63) is 46.5 Å². The quantitative estimate of drug-likeness (QED) is 0.664. The van der Waals surface area contributed by atoms with Crippen LogP contribution in [-0.2, 0) is 6.54 Å². The molecule has 0 radical (unpaired) electrons. The Labute approximate surface area is 108 Å². The van der Waals surface area contributed by atoms with Gasteiger partial charge in [0, 0.05) is 29.0 Å². The second-order valence-electron chi connectivity index (χ2n) is 3.63. The van der Waals surface area contributed by atoms with E-state index in [1.807, 2.05) is 29.9 Å². The number of pyridine rings is 1. The molecule has 0 aliphatic carbocycles. The molecule has 0 bridgehead atoms. The number of nitrogens with two attached hydrogens (primary N) is 1. The van der Waals surface area contributed by atoms with Gasteiger partial charge >= 0.3 is 0 Å². The Morgan fingerprint density at radius 3 is 2.82 bits per heavy atom. The predicted octanol–water partition coefficient (Wildman–Crippen LogP) is 1.61. The van der Waals surface area contributed by atoms with Crippen LogP contribution >= 0.6 is 15.9 Å². The summed E-state index contributed by atoms with van der Waals surface area (Å²) in [5.74, 6) is 5.59. The summed E-state index contributed by atoms with van der Waals surface area (Å²) >= 11 is 3.36. The smallest absolute Gasteiger partial charge is 0.0911 e. The van der Waals surface area contributed by atoms with Gasteiger partial charge in [-0.15, -0.1) is 0 Å². The molecule has 90 valence electrons. The third-order valence-corrected chi connectivity index (χ3v) is 2.99. The molecule has 0 saturated heterocycles. The van der Waals surface area contributed by atoms with E-state index in [-0.39, 0.29) is 6.04 Å². The van der Waals surface area contributed by atoms with Crippen LogP contribution in [-0.4, -0.2) is 14.8 Å². The summed E-state index contributed by atoms with van der Waals surface area (Å²) in [6.07, 6.45) is 5.52. The standard InChI is InChI=1S/C11H14BrN5/c1-2-17-7-8(5-15-17)11(16-13)10-4-3-9(12)6-14-10/h3-7,11,16H,2,13H2,1H3. The molecule has 2 rings (SSSR count). The van der Waals surface area contributed by atoms with Gasteiger partial charge in [0.1, 0.15) is 0 Å². The van der Waals surface area contributed by atoms with Crippen molar-refractivity contribution < 1.29 is 0 Å². The van der Waals surface area contributed by atoms with E-state index in [4.69, 9.17) is 5.84 Å². The third kappa shape index (κ3) is 2.71. The lowest BCUT2D eigenvalue weighted by Gasteiger charge is -2.13. The van der Waals surface area contributed by atoms with Crippen molar-refractivity contribution >= 4 is 15.9 Å². The van der Waals surface area contributed by atoms with E-state index >= 15 is 0 Å². The van der Waals surface area contributed by atoms with Crippen LogP contribution < -0.4 is 11.3 Å². The maximum Gasteiger partial charge on any atom is 0.0911 e. The van der Waals surface area contributed by atoms with Crippen LogP contribution in [0.2, 0.25) is 0 Å². The maximum atomic E-state index is 5.59. The Morgan fingerprint density at radius 1 is 1.47 bits per heavy atom. The van der Waals surface area contributed by atoms with Gasteiger partial charge in [0.15, 0.2) is 0 Å². The van der Waals surface area contributed by atoms with Gasteiger partial charge in [0.25, 0.3) is 0 Å². The highest BCUT2D eigenvalue weighted by atomic mass is 79.9. The van der Waals surface area contributed by atoms with Crippen molar-refractivity contribution in [3.8, 4) is 0 Å². The van der Waals surface area contributed by atoms with Gasteiger partial charge in [-0.1, -0.05) is 0 Å². The van der Waals surface area contributed by atoms with E-state index in [0.29, 0.717) is 0 Å². The summed E-state index contributed by atoms with van der Waals surface area (Å²) in [5, 5.41) is 4.23. The van der Waals surface area contributed by atoms with Crippen LogP contribution in [0.1, 0.15) is 24.2 Å². The lowest BCUT2D eigenvalue weighted by molar-refractivity contribution is 0.616. The Balaban J connectivity index is 2.29. The summed E-state index contributed by atoms with van der Waals surface area (Å²) in [7, 11) is 0. The zero-order chi connectivity index (χ0) is 12.3. The average molecular weight is 296 g/mol. The molecular weight excluding hydrogens is 282 g/mol. The zero-order valence-electron chi connectivity index (χ0n) is 9.47.